The quantitative estimate of drug-likeness (QED) is 0.447. The van der Waals surface area contributed by atoms with Crippen molar-refractivity contribution < 1.29 is 14.6 Å². The maximum atomic E-state index is 10.9. The van der Waals surface area contributed by atoms with Crippen molar-refractivity contribution in [2.24, 2.45) is 0 Å². The SMILES string of the molecule is CCCCOC(=O)CNC[C@@H](C)O. The summed E-state index contributed by atoms with van der Waals surface area (Å²) in [5, 5.41) is 11.7. The molecule has 0 unspecified atom stereocenters. The van der Waals surface area contributed by atoms with E-state index in [1.165, 1.54) is 0 Å². The summed E-state index contributed by atoms with van der Waals surface area (Å²) in [4.78, 5) is 10.9. The van der Waals surface area contributed by atoms with Gasteiger partial charge in [0.25, 0.3) is 0 Å². The van der Waals surface area contributed by atoms with E-state index in [4.69, 9.17) is 9.84 Å². The fourth-order valence-electron chi connectivity index (χ4n) is 0.764. The van der Waals surface area contributed by atoms with Crippen molar-refractivity contribution in [2.75, 3.05) is 19.7 Å². The van der Waals surface area contributed by atoms with Gasteiger partial charge in [-0.1, -0.05) is 13.3 Å². The van der Waals surface area contributed by atoms with E-state index >= 15 is 0 Å². The number of hydrogen-bond donors (Lipinski definition) is 2. The highest BCUT2D eigenvalue weighted by molar-refractivity contribution is 5.71. The first kappa shape index (κ1) is 12.4. The molecule has 0 saturated carbocycles. The second-order valence-corrected chi connectivity index (χ2v) is 3.05. The first-order valence-electron chi connectivity index (χ1n) is 4.71. The molecule has 0 amide bonds. The predicted octanol–water partition coefficient (Wildman–Crippen LogP) is 0.300. The summed E-state index contributed by atoms with van der Waals surface area (Å²) in [7, 11) is 0. The molecule has 13 heavy (non-hydrogen) atoms. The van der Waals surface area contributed by atoms with Crippen LogP contribution in [0, 0.1) is 0 Å². The van der Waals surface area contributed by atoms with Crippen molar-refractivity contribution in [3.8, 4) is 0 Å². The molecule has 0 rings (SSSR count). The van der Waals surface area contributed by atoms with Gasteiger partial charge in [0.15, 0.2) is 0 Å². The number of nitrogens with one attached hydrogen (secondary N) is 1. The summed E-state index contributed by atoms with van der Waals surface area (Å²) in [6.07, 6.45) is 1.50. The Bertz CT molecular complexity index is 137. The summed E-state index contributed by atoms with van der Waals surface area (Å²) in [5.41, 5.74) is 0. The highest BCUT2D eigenvalue weighted by Gasteiger charge is 2.02. The van der Waals surface area contributed by atoms with Crippen molar-refractivity contribution >= 4 is 5.97 Å². The molecule has 0 heterocycles. The number of rotatable bonds is 7. The Morgan fingerprint density at radius 2 is 2.31 bits per heavy atom. The third kappa shape index (κ3) is 9.30. The Balaban J connectivity index is 3.20. The van der Waals surface area contributed by atoms with Crippen molar-refractivity contribution in [1.82, 2.24) is 5.32 Å². The lowest BCUT2D eigenvalue weighted by molar-refractivity contribution is -0.142. The first-order chi connectivity index (χ1) is 6.16. The number of hydrogen-bond acceptors (Lipinski definition) is 4. The summed E-state index contributed by atoms with van der Waals surface area (Å²) in [6, 6.07) is 0. The standard InChI is InChI=1S/C9H19NO3/c1-3-4-5-13-9(12)7-10-6-8(2)11/h8,10-11H,3-7H2,1-2H3/t8-/m1/s1. The molecule has 0 aliphatic carbocycles. The summed E-state index contributed by atoms with van der Waals surface area (Å²) < 4.78 is 4.88. The van der Waals surface area contributed by atoms with Crippen LogP contribution in [-0.4, -0.2) is 36.9 Å². The van der Waals surface area contributed by atoms with E-state index in [0.29, 0.717) is 13.2 Å². The molecular formula is C9H19NO3. The van der Waals surface area contributed by atoms with Gasteiger partial charge in [0.05, 0.1) is 19.3 Å². The minimum atomic E-state index is -0.427. The average molecular weight is 189 g/mol. The van der Waals surface area contributed by atoms with E-state index in [1.54, 1.807) is 6.92 Å². The first-order valence-corrected chi connectivity index (χ1v) is 4.71. The summed E-state index contributed by atoms with van der Waals surface area (Å²) in [5.74, 6) is -0.255. The van der Waals surface area contributed by atoms with Gasteiger partial charge in [0, 0.05) is 6.54 Å². The van der Waals surface area contributed by atoms with Crippen LogP contribution < -0.4 is 5.32 Å². The second-order valence-electron chi connectivity index (χ2n) is 3.05. The number of aliphatic hydroxyl groups excluding tert-OH is 1. The Hall–Kier alpha value is -0.610. The zero-order valence-electron chi connectivity index (χ0n) is 8.38. The van der Waals surface area contributed by atoms with Crippen molar-refractivity contribution in [1.29, 1.82) is 0 Å². The van der Waals surface area contributed by atoms with Crippen molar-refractivity contribution in [3.05, 3.63) is 0 Å². The van der Waals surface area contributed by atoms with Gasteiger partial charge >= 0.3 is 5.97 Å². The van der Waals surface area contributed by atoms with Crippen LogP contribution in [0.2, 0.25) is 0 Å². The van der Waals surface area contributed by atoms with Gasteiger partial charge in [0.2, 0.25) is 0 Å². The maximum Gasteiger partial charge on any atom is 0.319 e. The molecular weight excluding hydrogens is 170 g/mol. The van der Waals surface area contributed by atoms with Gasteiger partial charge < -0.3 is 15.2 Å². The van der Waals surface area contributed by atoms with Gasteiger partial charge in [0.1, 0.15) is 0 Å². The normalized spacial score (nSPS) is 12.5. The van der Waals surface area contributed by atoms with E-state index in [9.17, 15) is 4.79 Å². The third-order valence-electron chi connectivity index (χ3n) is 1.47. The molecule has 0 aliphatic heterocycles. The van der Waals surface area contributed by atoms with Crippen molar-refractivity contribution in [2.45, 2.75) is 32.8 Å². The van der Waals surface area contributed by atoms with Gasteiger partial charge in [-0.25, -0.2) is 0 Å². The maximum absolute atomic E-state index is 10.9. The van der Waals surface area contributed by atoms with E-state index in [-0.39, 0.29) is 12.5 Å². The molecule has 0 fully saturated rings. The van der Waals surface area contributed by atoms with E-state index < -0.39 is 6.10 Å². The molecule has 1 atom stereocenters. The molecule has 0 aromatic carbocycles. The smallest absolute Gasteiger partial charge is 0.319 e. The van der Waals surface area contributed by atoms with Crippen LogP contribution in [0.15, 0.2) is 0 Å². The van der Waals surface area contributed by atoms with Gasteiger partial charge in [-0.2, -0.15) is 0 Å². The minimum absolute atomic E-state index is 0.175. The predicted molar refractivity (Wildman–Crippen MR) is 50.4 cm³/mol. The van der Waals surface area contributed by atoms with Crippen LogP contribution in [0.1, 0.15) is 26.7 Å². The van der Waals surface area contributed by atoms with Gasteiger partial charge in [-0.05, 0) is 13.3 Å². The Morgan fingerprint density at radius 1 is 1.62 bits per heavy atom. The zero-order chi connectivity index (χ0) is 10.1. The number of carbonyl (C=O) groups is 1. The summed E-state index contributed by atoms with van der Waals surface area (Å²) >= 11 is 0. The van der Waals surface area contributed by atoms with E-state index in [0.717, 1.165) is 12.8 Å². The largest absolute Gasteiger partial charge is 0.465 e. The van der Waals surface area contributed by atoms with Crippen LogP contribution >= 0.6 is 0 Å². The van der Waals surface area contributed by atoms with Crippen LogP contribution in [0.25, 0.3) is 0 Å². The Labute approximate surface area is 79.3 Å². The molecule has 0 aliphatic rings. The van der Waals surface area contributed by atoms with Gasteiger partial charge in [-0.3, -0.25) is 4.79 Å². The highest BCUT2D eigenvalue weighted by atomic mass is 16.5. The van der Waals surface area contributed by atoms with E-state index in [2.05, 4.69) is 5.32 Å². The van der Waals surface area contributed by atoms with Crippen LogP contribution in [0.3, 0.4) is 0 Å². The lowest BCUT2D eigenvalue weighted by atomic mass is 10.4. The summed E-state index contributed by atoms with van der Waals surface area (Å²) in [6.45, 7) is 4.79. The highest BCUT2D eigenvalue weighted by Crippen LogP contribution is 1.87. The topological polar surface area (TPSA) is 58.6 Å². The average Bonchev–Trinajstić information content (AvgIpc) is 2.04. The molecule has 0 aromatic heterocycles. The number of aliphatic hydroxyl groups is 1. The fraction of sp³-hybridized carbons (Fsp3) is 0.889. The molecule has 78 valence electrons. The molecule has 0 radical (unpaired) electrons. The molecule has 0 aromatic rings. The van der Waals surface area contributed by atoms with E-state index in [1.807, 2.05) is 6.92 Å². The monoisotopic (exact) mass is 189 g/mol. The number of unbranched alkanes of at least 4 members (excludes halogenated alkanes) is 1. The third-order valence-corrected chi connectivity index (χ3v) is 1.47. The molecule has 4 heteroatoms. The molecule has 0 saturated heterocycles. The molecule has 4 nitrogen and oxygen atoms in total. The lowest BCUT2D eigenvalue weighted by Crippen LogP contribution is -2.30. The number of carbonyl (C=O) groups excluding carboxylic acids is 1. The van der Waals surface area contributed by atoms with Crippen LogP contribution in [0.5, 0.6) is 0 Å². The Kier molecular flexibility index (Phi) is 7.63. The number of ether oxygens (including phenoxy) is 1. The zero-order valence-corrected chi connectivity index (χ0v) is 8.38. The second kappa shape index (κ2) is 8.01. The minimum Gasteiger partial charge on any atom is -0.465 e. The Morgan fingerprint density at radius 3 is 2.85 bits per heavy atom. The molecule has 0 bridgehead atoms. The fourth-order valence-corrected chi connectivity index (χ4v) is 0.764. The van der Waals surface area contributed by atoms with Crippen molar-refractivity contribution in [3.63, 3.8) is 0 Å². The molecule has 0 spiro atoms. The van der Waals surface area contributed by atoms with Crippen LogP contribution in [-0.2, 0) is 9.53 Å². The van der Waals surface area contributed by atoms with Crippen LogP contribution in [0.4, 0.5) is 0 Å². The lowest BCUT2D eigenvalue weighted by Gasteiger charge is -2.06. The molecule has 2 N–H and O–H groups in total. The number of esters is 1. The van der Waals surface area contributed by atoms with Gasteiger partial charge in [-0.15, -0.1) is 0 Å².